The van der Waals surface area contributed by atoms with Gasteiger partial charge >= 0.3 is 0 Å². The summed E-state index contributed by atoms with van der Waals surface area (Å²) in [4.78, 5) is 0. The third-order valence-corrected chi connectivity index (χ3v) is 6.05. The van der Waals surface area contributed by atoms with Gasteiger partial charge in [0.2, 0.25) is 0 Å². The average molecular weight is 349 g/mol. The summed E-state index contributed by atoms with van der Waals surface area (Å²) in [6.07, 6.45) is 8.11. The summed E-state index contributed by atoms with van der Waals surface area (Å²) in [6.45, 7) is 6.79. The Balaban J connectivity index is 2.47. The summed E-state index contributed by atoms with van der Waals surface area (Å²) in [5.74, 6) is 0.993. The zero-order valence-electron chi connectivity index (χ0n) is 16.7. The second kappa shape index (κ2) is 9.05. The number of benzene rings is 1. The van der Waals surface area contributed by atoms with Gasteiger partial charge in [-0.15, -0.1) is 0 Å². The molecule has 0 amide bonds. The van der Waals surface area contributed by atoms with Crippen LogP contribution in [0.5, 0.6) is 5.75 Å². The molecular formula is C22H36O3. The number of hydrogen-bond donors (Lipinski definition) is 1. The van der Waals surface area contributed by atoms with Crippen LogP contribution in [-0.4, -0.2) is 31.5 Å². The van der Waals surface area contributed by atoms with Crippen molar-refractivity contribution in [2.45, 2.75) is 89.8 Å². The quantitative estimate of drug-likeness (QED) is 0.733. The highest BCUT2D eigenvalue weighted by atomic mass is 16.5. The maximum atomic E-state index is 9.95. The van der Waals surface area contributed by atoms with E-state index in [0.29, 0.717) is 0 Å². The first-order valence-electron chi connectivity index (χ1n) is 9.89. The standard InChI is InChI=1S/C22H36O3/c1-6-8-17(24-4)15-19-18(7-2)21(25-5)10-9-20(19)22(3)13-11-16(23)12-14-22/h9-10,16-17,23H,6-8,11-15H2,1-5H3. The number of hydrogen-bond acceptors (Lipinski definition) is 3. The van der Waals surface area contributed by atoms with Crippen molar-refractivity contribution in [3.8, 4) is 5.75 Å². The SMILES string of the molecule is CCCC(Cc1c(C2(C)CCC(O)CC2)ccc(OC)c1CC)OC. The molecule has 1 aromatic rings. The molecule has 1 N–H and O–H groups in total. The molecule has 1 atom stereocenters. The molecule has 0 aromatic heterocycles. The summed E-state index contributed by atoms with van der Waals surface area (Å²) in [6, 6.07) is 4.40. The summed E-state index contributed by atoms with van der Waals surface area (Å²) in [7, 11) is 3.58. The Hall–Kier alpha value is -1.06. The first-order valence-corrected chi connectivity index (χ1v) is 9.89. The Morgan fingerprint density at radius 1 is 1.16 bits per heavy atom. The smallest absolute Gasteiger partial charge is 0.122 e. The largest absolute Gasteiger partial charge is 0.496 e. The first-order chi connectivity index (χ1) is 12.0. The fourth-order valence-corrected chi connectivity index (χ4v) is 4.41. The van der Waals surface area contributed by atoms with Crippen LogP contribution >= 0.6 is 0 Å². The third-order valence-electron chi connectivity index (χ3n) is 6.05. The number of ether oxygens (including phenoxy) is 2. The highest BCUT2D eigenvalue weighted by Gasteiger charge is 2.35. The van der Waals surface area contributed by atoms with Gasteiger partial charge in [0, 0.05) is 7.11 Å². The highest BCUT2D eigenvalue weighted by Crippen LogP contribution is 2.43. The molecule has 2 rings (SSSR count). The molecule has 0 aliphatic heterocycles. The van der Waals surface area contributed by atoms with E-state index in [2.05, 4.69) is 32.9 Å². The molecule has 3 heteroatoms. The summed E-state index contributed by atoms with van der Waals surface area (Å²) in [5.41, 5.74) is 4.32. The number of rotatable bonds is 8. The lowest BCUT2D eigenvalue weighted by Crippen LogP contribution is -2.32. The summed E-state index contributed by atoms with van der Waals surface area (Å²) in [5, 5.41) is 9.95. The Kier molecular flexibility index (Phi) is 7.33. The van der Waals surface area contributed by atoms with Gasteiger partial charge in [-0.1, -0.05) is 33.3 Å². The van der Waals surface area contributed by atoms with Gasteiger partial charge in [-0.3, -0.25) is 0 Å². The lowest BCUT2D eigenvalue weighted by molar-refractivity contribution is 0.0911. The van der Waals surface area contributed by atoms with Crippen molar-refractivity contribution < 1.29 is 14.6 Å². The van der Waals surface area contributed by atoms with Crippen LogP contribution in [0.2, 0.25) is 0 Å². The highest BCUT2D eigenvalue weighted by molar-refractivity contribution is 5.48. The van der Waals surface area contributed by atoms with Crippen molar-refractivity contribution in [3.05, 3.63) is 28.8 Å². The Morgan fingerprint density at radius 2 is 1.84 bits per heavy atom. The van der Waals surface area contributed by atoms with Crippen LogP contribution in [0.25, 0.3) is 0 Å². The van der Waals surface area contributed by atoms with Crippen LogP contribution in [0.15, 0.2) is 12.1 Å². The van der Waals surface area contributed by atoms with Crippen molar-refractivity contribution in [2.75, 3.05) is 14.2 Å². The fourth-order valence-electron chi connectivity index (χ4n) is 4.41. The zero-order chi connectivity index (χ0) is 18.4. The van der Waals surface area contributed by atoms with Gasteiger partial charge in [-0.05, 0) is 73.1 Å². The van der Waals surface area contributed by atoms with Crippen LogP contribution < -0.4 is 4.74 Å². The van der Waals surface area contributed by atoms with Crippen LogP contribution in [0.1, 0.15) is 76.0 Å². The Morgan fingerprint density at radius 3 is 2.36 bits per heavy atom. The first kappa shape index (κ1) is 20.3. The molecule has 0 spiro atoms. The van der Waals surface area contributed by atoms with E-state index in [0.717, 1.165) is 57.1 Å². The van der Waals surface area contributed by atoms with E-state index in [1.807, 2.05) is 7.11 Å². The fraction of sp³-hybridized carbons (Fsp3) is 0.727. The van der Waals surface area contributed by atoms with Crippen LogP contribution in [0.4, 0.5) is 0 Å². The van der Waals surface area contributed by atoms with Crippen molar-refractivity contribution in [1.29, 1.82) is 0 Å². The minimum atomic E-state index is -0.132. The predicted octanol–water partition coefficient (Wildman–Crippen LogP) is 4.81. The Bertz CT molecular complexity index is 544. The van der Waals surface area contributed by atoms with Crippen LogP contribution in [0, 0.1) is 0 Å². The molecule has 0 bridgehead atoms. The monoisotopic (exact) mass is 348 g/mol. The molecule has 1 aliphatic rings. The zero-order valence-corrected chi connectivity index (χ0v) is 16.7. The molecule has 1 aromatic carbocycles. The third kappa shape index (κ3) is 4.57. The molecule has 1 unspecified atom stereocenters. The van der Waals surface area contributed by atoms with Gasteiger partial charge < -0.3 is 14.6 Å². The number of methoxy groups -OCH3 is 2. The molecular weight excluding hydrogens is 312 g/mol. The molecule has 1 saturated carbocycles. The second-order valence-electron chi connectivity index (χ2n) is 7.77. The van der Waals surface area contributed by atoms with Crippen molar-refractivity contribution in [1.82, 2.24) is 0 Å². The van der Waals surface area contributed by atoms with Crippen molar-refractivity contribution >= 4 is 0 Å². The van der Waals surface area contributed by atoms with E-state index >= 15 is 0 Å². The lowest BCUT2D eigenvalue weighted by atomic mass is 9.67. The maximum Gasteiger partial charge on any atom is 0.122 e. The van der Waals surface area contributed by atoms with E-state index in [1.54, 1.807) is 7.11 Å². The van der Waals surface area contributed by atoms with E-state index in [1.165, 1.54) is 16.7 Å². The minimum Gasteiger partial charge on any atom is -0.496 e. The van der Waals surface area contributed by atoms with E-state index in [9.17, 15) is 5.11 Å². The maximum absolute atomic E-state index is 9.95. The second-order valence-corrected chi connectivity index (χ2v) is 7.77. The van der Waals surface area contributed by atoms with Gasteiger partial charge in [0.25, 0.3) is 0 Å². The molecule has 25 heavy (non-hydrogen) atoms. The van der Waals surface area contributed by atoms with Gasteiger partial charge in [-0.2, -0.15) is 0 Å². The lowest BCUT2D eigenvalue weighted by Gasteiger charge is -2.39. The molecule has 3 nitrogen and oxygen atoms in total. The van der Waals surface area contributed by atoms with Gasteiger partial charge in [0.15, 0.2) is 0 Å². The van der Waals surface area contributed by atoms with Gasteiger partial charge in [0.05, 0.1) is 19.3 Å². The van der Waals surface area contributed by atoms with E-state index in [-0.39, 0.29) is 17.6 Å². The summed E-state index contributed by atoms with van der Waals surface area (Å²) >= 11 is 0. The van der Waals surface area contributed by atoms with E-state index < -0.39 is 0 Å². The molecule has 1 fully saturated rings. The predicted molar refractivity (Wildman–Crippen MR) is 104 cm³/mol. The molecule has 0 radical (unpaired) electrons. The minimum absolute atomic E-state index is 0.132. The molecule has 1 aliphatic carbocycles. The molecule has 0 saturated heterocycles. The topological polar surface area (TPSA) is 38.7 Å². The molecule has 142 valence electrons. The van der Waals surface area contributed by atoms with Crippen LogP contribution in [-0.2, 0) is 23.0 Å². The van der Waals surface area contributed by atoms with Crippen LogP contribution in [0.3, 0.4) is 0 Å². The number of aliphatic hydroxyl groups is 1. The van der Waals surface area contributed by atoms with Crippen molar-refractivity contribution in [3.63, 3.8) is 0 Å². The number of aliphatic hydroxyl groups excluding tert-OH is 1. The van der Waals surface area contributed by atoms with Crippen molar-refractivity contribution in [2.24, 2.45) is 0 Å². The van der Waals surface area contributed by atoms with Gasteiger partial charge in [0.1, 0.15) is 5.75 Å². The molecule has 0 heterocycles. The summed E-state index contributed by atoms with van der Waals surface area (Å²) < 4.78 is 11.4. The Labute approximate surface area is 153 Å². The average Bonchev–Trinajstić information content (AvgIpc) is 2.63. The van der Waals surface area contributed by atoms with Gasteiger partial charge in [-0.25, -0.2) is 0 Å². The van der Waals surface area contributed by atoms with E-state index in [4.69, 9.17) is 9.47 Å². The normalized spacial score (nSPS) is 25.0.